The fourth-order valence-electron chi connectivity index (χ4n) is 2.93. The Bertz CT molecular complexity index is 423. The summed E-state index contributed by atoms with van der Waals surface area (Å²) in [6.45, 7) is 9.53. The van der Waals surface area contributed by atoms with Crippen LogP contribution in [0.1, 0.15) is 39.7 Å². The van der Waals surface area contributed by atoms with E-state index >= 15 is 0 Å². The van der Waals surface area contributed by atoms with Crippen molar-refractivity contribution in [2.24, 2.45) is 0 Å². The van der Waals surface area contributed by atoms with Crippen molar-refractivity contribution >= 4 is 0 Å². The lowest BCUT2D eigenvalue weighted by atomic mass is 9.94. The van der Waals surface area contributed by atoms with E-state index in [-0.39, 0.29) is 11.2 Å². The van der Waals surface area contributed by atoms with E-state index < -0.39 is 0 Å². The molecule has 0 saturated carbocycles. The molecule has 1 saturated heterocycles. The van der Waals surface area contributed by atoms with Crippen molar-refractivity contribution in [3.63, 3.8) is 0 Å². The summed E-state index contributed by atoms with van der Waals surface area (Å²) in [5.74, 6) is 0.323. The van der Waals surface area contributed by atoms with Crippen LogP contribution in [-0.2, 0) is 11.2 Å². The van der Waals surface area contributed by atoms with Crippen molar-refractivity contribution in [1.29, 1.82) is 0 Å². The maximum absolute atomic E-state index is 9.25. The molecule has 0 spiro atoms. The first kappa shape index (κ1) is 14.4. The zero-order valence-electron chi connectivity index (χ0n) is 12.4. The molecule has 1 aromatic rings. The molecule has 0 amide bonds. The van der Waals surface area contributed by atoms with Gasteiger partial charge in [-0.05, 0) is 64.8 Å². The molecule has 2 rings (SSSR count). The Morgan fingerprint density at radius 1 is 1.21 bits per heavy atom. The third-order valence-corrected chi connectivity index (χ3v) is 3.81. The van der Waals surface area contributed by atoms with Crippen LogP contribution in [0.2, 0.25) is 0 Å². The van der Waals surface area contributed by atoms with Crippen LogP contribution in [0.3, 0.4) is 0 Å². The van der Waals surface area contributed by atoms with Crippen LogP contribution < -0.4 is 5.32 Å². The number of nitrogens with one attached hydrogen (secondary N) is 1. The first-order valence-corrected chi connectivity index (χ1v) is 7.00. The molecule has 3 heteroatoms. The molecule has 0 aliphatic carbocycles. The Hall–Kier alpha value is -1.06. The number of hydrogen-bond donors (Lipinski definition) is 2. The number of phenolic OH excluding ortho intramolecular Hbond substituents is 1. The Labute approximate surface area is 116 Å². The maximum Gasteiger partial charge on any atom is 0.115 e. The number of aromatic hydroxyl groups is 1. The van der Waals surface area contributed by atoms with Crippen molar-refractivity contribution in [3.05, 3.63) is 29.8 Å². The van der Waals surface area contributed by atoms with Gasteiger partial charge < -0.3 is 15.2 Å². The summed E-state index contributed by atoms with van der Waals surface area (Å²) in [6.07, 6.45) is 2.00. The second kappa shape index (κ2) is 5.14. The lowest BCUT2D eigenvalue weighted by molar-refractivity contribution is -0.0697. The Morgan fingerprint density at radius 2 is 1.84 bits per heavy atom. The van der Waals surface area contributed by atoms with Crippen LogP contribution in [0.15, 0.2) is 24.3 Å². The SMILES string of the molecule is CC1(C)CC(NCCc2ccc(O)cc2)C(C)(C)O1. The van der Waals surface area contributed by atoms with Gasteiger partial charge in [0.25, 0.3) is 0 Å². The van der Waals surface area contributed by atoms with Gasteiger partial charge in [-0.3, -0.25) is 0 Å². The average molecular weight is 263 g/mol. The highest BCUT2D eigenvalue weighted by Crippen LogP contribution is 2.37. The lowest BCUT2D eigenvalue weighted by Gasteiger charge is -2.27. The van der Waals surface area contributed by atoms with Gasteiger partial charge >= 0.3 is 0 Å². The monoisotopic (exact) mass is 263 g/mol. The van der Waals surface area contributed by atoms with Crippen LogP contribution >= 0.6 is 0 Å². The van der Waals surface area contributed by atoms with Gasteiger partial charge in [0.15, 0.2) is 0 Å². The highest BCUT2D eigenvalue weighted by atomic mass is 16.5. The van der Waals surface area contributed by atoms with Gasteiger partial charge in [0, 0.05) is 6.04 Å². The summed E-state index contributed by atoms with van der Waals surface area (Å²) in [5.41, 5.74) is 1.08. The summed E-state index contributed by atoms with van der Waals surface area (Å²) in [5, 5.41) is 12.9. The topological polar surface area (TPSA) is 41.5 Å². The molecule has 1 fully saturated rings. The largest absolute Gasteiger partial charge is 0.508 e. The Kier molecular flexibility index (Phi) is 3.88. The molecule has 0 radical (unpaired) electrons. The third-order valence-electron chi connectivity index (χ3n) is 3.81. The summed E-state index contributed by atoms with van der Waals surface area (Å²) in [6, 6.07) is 7.80. The van der Waals surface area contributed by atoms with E-state index in [1.807, 2.05) is 12.1 Å². The normalized spacial score (nSPS) is 24.5. The zero-order valence-corrected chi connectivity index (χ0v) is 12.4. The van der Waals surface area contributed by atoms with Crippen molar-refractivity contribution in [1.82, 2.24) is 5.32 Å². The van der Waals surface area contributed by atoms with E-state index in [4.69, 9.17) is 4.74 Å². The minimum atomic E-state index is -0.113. The maximum atomic E-state index is 9.25. The number of hydrogen-bond acceptors (Lipinski definition) is 3. The van der Waals surface area contributed by atoms with Crippen molar-refractivity contribution in [2.75, 3.05) is 6.54 Å². The van der Waals surface area contributed by atoms with Gasteiger partial charge in [0.2, 0.25) is 0 Å². The van der Waals surface area contributed by atoms with Crippen molar-refractivity contribution in [3.8, 4) is 5.75 Å². The van der Waals surface area contributed by atoms with Crippen LogP contribution in [-0.4, -0.2) is 28.9 Å². The van der Waals surface area contributed by atoms with E-state index in [0.717, 1.165) is 19.4 Å². The fraction of sp³-hybridized carbons (Fsp3) is 0.625. The molecule has 1 aliphatic heterocycles. The minimum Gasteiger partial charge on any atom is -0.508 e. The molecule has 1 aliphatic rings. The molecule has 0 aromatic heterocycles. The second-order valence-electron chi connectivity index (χ2n) is 6.59. The summed E-state index contributed by atoms with van der Waals surface area (Å²) in [4.78, 5) is 0. The van der Waals surface area contributed by atoms with E-state index in [2.05, 4.69) is 33.0 Å². The average Bonchev–Trinajstić information content (AvgIpc) is 2.49. The Balaban J connectivity index is 1.84. The smallest absolute Gasteiger partial charge is 0.115 e. The zero-order chi connectivity index (χ0) is 14.1. The molecule has 1 unspecified atom stereocenters. The van der Waals surface area contributed by atoms with Crippen LogP contribution in [0.25, 0.3) is 0 Å². The van der Waals surface area contributed by atoms with Gasteiger partial charge in [-0.1, -0.05) is 12.1 Å². The van der Waals surface area contributed by atoms with Crippen LogP contribution in [0, 0.1) is 0 Å². The molecule has 19 heavy (non-hydrogen) atoms. The lowest BCUT2D eigenvalue weighted by Crippen LogP contribution is -2.44. The van der Waals surface area contributed by atoms with Crippen LogP contribution in [0.5, 0.6) is 5.75 Å². The Morgan fingerprint density at radius 3 is 2.37 bits per heavy atom. The summed E-state index contributed by atoms with van der Waals surface area (Å²) >= 11 is 0. The molecule has 1 aromatic carbocycles. The molecule has 3 nitrogen and oxygen atoms in total. The number of rotatable bonds is 4. The van der Waals surface area contributed by atoms with Gasteiger partial charge in [-0.25, -0.2) is 0 Å². The fourth-order valence-corrected chi connectivity index (χ4v) is 2.93. The number of phenols is 1. The molecule has 2 N–H and O–H groups in total. The van der Waals surface area contributed by atoms with Gasteiger partial charge in [0.1, 0.15) is 5.75 Å². The van der Waals surface area contributed by atoms with E-state index in [0.29, 0.717) is 11.8 Å². The molecule has 1 heterocycles. The van der Waals surface area contributed by atoms with Gasteiger partial charge in [-0.15, -0.1) is 0 Å². The summed E-state index contributed by atoms with van der Waals surface area (Å²) < 4.78 is 6.07. The molecular formula is C16H25NO2. The third kappa shape index (κ3) is 3.71. The van der Waals surface area contributed by atoms with E-state index in [9.17, 15) is 5.11 Å². The highest BCUT2D eigenvalue weighted by molar-refractivity contribution is 5.26. The van der Waals surface area contributed by atoms with Crippen molar-refractivity contribution < 1.29 is 9.84 Å². The predicted octanol–water partition coefficient (Wildman–Crippen LogP) is 2.87. The first-order chi connectivity index (χ1) is 8.78. The van der Waals surface area contributed by atoms with E-state index in [1.54, 1.807) is 12.1 Å². The molecule has 106 valence electrons. The van der Waals surface area contributed by atoms with Gasteiger partial charge in [-0.2, -0.15) is 0 Å². The van der Waals surface area contributed by atoms with Crippen LogP contribution in [0.4, 0.5) is 0 Å². The minimum absolute atomic E-state index is 0.0420. The quantitative estimate of drug-likeness (QED) is 0.877. The second-order valence-corrected chi connectivity index (χ2v) is 6.59. The molecule has 1 atom stereocenters. The van der Waals surface area contributed by atoms with E-state index in [1.165, 1.54) is 5.56 Å². The first-order valence-electron chi connectivity index (χ1n) is 7.00. The predicted molar refractivity (Wildman–Crippen MR) is 77.5 cm³/mol. The van der Waals surface area contributed by atoms with Crippen molar-refractivity contribution in [2.45, 2.75) is 57.8 Å². The number of benzene rings is 1. The number of ether oxygens (including phenoxy) is 1. The molecule has 0 bridgehead atoms. The standard InChI is InChI=1S/C16H25NO2/c1-15(2)11-14(16(3,4)19-15)17-10-9-12-5-7-13(18)8-6-12/h5-8,14,17-18H,9-11H2,1-4H3. The summed E-state index contributed by atoms with van der Waals surface area (Å²) in [7, 11) is 0. The highest BCUT2D eigenvalue weighted by Gasteiger charge is 2.45. The van der Waals surface area contributed by atoms with Gasteiger partial charge in [0.05, 0.1) is 11.2 Å². The molecular weight excluding hydrogens is 238 g/mol.